The minimum Gasteiger partial charge on any atom is -0.480 e. The number of hydrogen-bond acceptors (Lipinski definition) is 3. The summed E-state index contributed by atoms with van der Waals surface area (Å²) in [6, 6.07) is 1.84. The topological polar surface area (TPSA) is 76.2 Å². The van der Waals surface area contributed by atoms with Gasteiger partial charge in [-0.1, -0.05) is 6.07 Å². The first kappa shape index (κ1) is 10.0. The van der Waals surface area contributed by atoms with Crippen molar-refractivity contribution >= 4 is 5.97 Å². The maximum Gasteiger partial charge on any atom is 0.321 e. The number of nitrogens with two attached hydrogens (primary N) is 1. The highest BCUT2D eigenvalue weighted by Crippen LogP contribution is 2.50. The summed E-state index contributed by atoms with van der Waals surface area (Å²) in [4.78, 5) is 14.3. The predicted molar refractivity (Wildman–Crippen MR) is 50.7 cm³/mol. The van der Waals surface area contributed by atoms with Crippen LogP contribution in [0.5, 0.6) is 0 Å². The van der Waals surface area contributed by atoms with Gasteiger partial charge >= 0.3 is 5.97 Å². The second-order valence-corrected chi connectivity index (χ2v) is 3.84. The Morgan fingerprint density at radius 1 is 1.60 bits per heavy atom. The van der Waals surface area contributed by atoms with Crippen molar-refractivity contribution in [3.8, 4) is 0 Å². The lowest BCUT2D eigenvalue weighted by atomic mass is 9.90. The second-order valence-electron chi connectivity index (χ2n) is 3.84. The third kappa shape index (κ3) is 1.59. The fourth-order valence-corrected chi connectivity index (χ4v) is 1.82. The number of carboxylic acid groups (broad SMARTS) is 1. The number of carboxylic acids is 1. The summed E-state index contributed by atoms with van der Waals surface area (Å²) < 4.78 is 12.6. The van der Waals surface area contributed by atoms with Gasteiger partial charge in [0.2, 0.25) is 5.95 Å². The Hall–Kier alpha value is -1.49. The van der Waals surface area contributed by atoms with Crippen molar-refractivity contribution in [1.82, 2.24) is 4.98 Å². The quantitative estimate of drug-likeness (QED) is 0.719. The van der Waals surface area contributed by atoms with E-state index < -0.39 is 23.4 Å². The number of halogens is 1. The smallest absolute Gasteiger partial charge is 0.321 e. The van der Waals surface area contributed by atoms with Gasteiger partial charge in [0.05, 0.1) is 0 Å². The monoisotopic (exact) mass is 210 g/mol. The van der Waals surface area contributed by atoms with Crippen LogP contribution in [-0.2, 0) is 10.2 Å². The molecule has 0 radical (unpaired) electrons. The molecular formula is C10H11FN2O2. The number of hydrogen-bond donors (Lipinski definition) is 2. The summed E-state index contributed by atoms with van der Waals surface area (Å²) in [6.07, 6.45) is 2.80. The molecule has 3 N–H and O–H groups in total. The first-order chi connectivity index (χ1) is 7.06. The first-order valence-electron chi connectivity index (χ1n) is 4.67. The maximum atomic E-state index is 12.6. The average Bonchev–Trinajstić information content (AvgIpc) is 2.99. The fraction of sp³-hybridized carbons (Fsp3) is 0.400. The van der Waals surface area contributed by atoms with Gasteiger partial charge in [-0.25, -0.2) is 4.98 Å². The molecule has 1 aromatic heterocycles. The molecule has 0 bridgehead atoms. The van der Waals surface area contributed by atoms with Crippen LogP contribution in [0.2, 0.25) is 0 Å². The molecule has 1 unspecified atom stereocenters. The highest BCUT2D eigenvalue weighted by Gasteiger charge is 2.52. The predicted octanol–water partition coefficient (Wildman–Crippen LogP) is 0.664. The zero-order valence-corrected chi connectivity index (χ0v) is 7.98. The molecule has 1 atom stereocenters. The van der Waals surface area contributed by atoms with Crippen LogP contribution in [0.1, 0.15) is 18.4 Å². The number of aromatic nitrogens is 1. The lowest BCUT2D eigenvalue weighted by Crippen LogP contribution is -2.42. The van der Waals surface area contributed by atoms with E-state index in [1.165, 1.54) is 12.3 Å². The molecular weight excluding hydrogens is 199 g/mol. The van der Waals surface area contributed by atoms with Crippen molar-refractivity contribution < 1.29 is 14.3 Å². The summed E-state index contributed by atoms with van der Waals surface area (Å²) in [6.45, 7) is 0. The number of pyridine rings is 1. The number of carbonyl (C=O) groups is 1. The molecule has 1 aromatic rings. The highest BCUT2D eigenvalue weighted by atomic mass is 19.1. The van der Waals surface area contributed by atoms with Gasteiger partial charge in [-0.15, -0.1) is 0 Å². The SMILES string of the molecule is NC(C(=O)O)C1(c2ccc(F)nc2)CC1. The van der Waals surface area contributed by atoms with Crippen LogP contribution in [0.25, 0.3) is 0 Å². The molecule has 2 rings (SSSR count). The Morgan fingerprint density at radius 3 is 2.67 bits per heavy atom. The van der Waals surface area contributed by atoms with Crippen molar-refractivity contribution in [3.63, 3.8) is 0 Å². The van der Waals surface area contributed by atoms with Gasteiger partial charge in [0, 0.05) is 11.6 Å². The largest absolute Gasteiger partial charge is 0.480 e. The summed E-state index contributed by atoms with van der Waals surface area (Å²) in [5.41, 5.74) is 5.78. The lowest BCUT2D eigenvalue weighted by molar-refractivity contribution is -0.139. The van der Waals surface area contributed by atoms with Crippen LogP contribution >= 0.6 is 0 Å². The van der Waals surface area contributed by atoms with Crippen molar-refractivity contribution in [2.75, 3.05) is 0 Å². The molecule has 1 aliphatic carbocycles. The molecule has 0 saturated heterocycles. The van der Waals surface area contributed by atoms with Crippen molar-refractivity contribution in [2.45, 2.75) is 24.3 Å². The molecule has 0 spiro atoms. The van der Waals surface area contributed by atoms with Gasteiger partial charge in [0.25, 0.3) is 0 Å². The van der Waals surface area contributed by atoms with Crippen LogP contribution in [-0.4, -0.2) is 22.1 Å². The van der Waals surface area contributed by atoms with E-state index in [1.54, 1.807) is 6.07 Å². The minimum atomic E-state index is -1.03. The van der Waals surface area contributed by atoms with E-state index >= 15 is 0 Å². The first-order valence-corrected chi connectivity index (χ1v) is 4.67. The summed E-state index contributed by atoms with van der Waals surface area (Å²) >= 11 is 0. The van der Waals surface area contributed by atoms with E-state index in [9.17, 15) is 9.18 Å². The van der Waals surface area contributed by atoms with E-state index in [2.05, 4.69) is 4.98 Å². The highest BCUT2D eigenvalue weighted by molar-refractivity contribution is 5.76. The van der Waals surface area contributed by atoms with Crippen LogP contribution in [0.3, 0.4) is 0 Å². The zero-order chi connectivity index (χ0) is 11.1. The van der Waals surface area contributed by atoms with E-state index in [-0.39, 0.29) is 0 Å². The Morgan fingerprint density at radius 2 is 2.27 bits per heavy atom. The third-order valence-electron chi connectivity index (χ3n) is 2.95. The molecule has 1 heterocycles. The van der Waals surface area contributed by atoms with E-state index in [0.717, 1.165) is 0 Å². The molecule has 0 aliphatic heterocycles. The molecule has 0 amide bonds. The van der Waals surface area contributed by atoms with Gasteiger partial charge in [0.1, 0.15) is 6.04 Å². The Labute approximate surface area is 85.9 Å². The maximum absolute atomic E-state index is 12.6. The van der Waals surface area contributed by atoms with Gasteiger partial charge in [-0.05, 0) is 24.5 Å². The number of nitrogens with zero attached hydrogens (tertiary/aromatic N) is 1. The molecule has 4 nitrogen and oxygen atoms in total. The fourth-order valence-electron chi connectivity index (χ4n) is 1.82. The van der Waals surface area contributed by atoms with Crippen LogP contribution in [0.4, 0.5) is 4.39 Å². The van der Waals surface area contributed by atoms with Crippen molar-refractivity contribution in [1.29, 1.82) is 0 Å². The van der Waals surface area contributed by atoms with Gasteiger partial charge in [-0.3, -0.25) is 4.79 Å². The van der Waals surface area contributed by atoms with E-state index in [4.69, 9.17) is 10.8 Å². The molecule has 1 saturated carbocycles. The van der Waals surface area contributed by atoms with Gasteiger partial charge in [-0.2, -0.15) is 4.39 Å². The number of rotatable bonds is 3. The Balaban J connectivity index is 2.30. The zero-order valence-electron chi connectivity index (χ0n) is 7.98. The molecule has 15 heavy (non-hydrogen) atoms. The lowest BCUT2D eigenvalue weighted by Gasteiger charge is -2.19. The number of aliphatic carboxylic acids is 1. The molecule has 1 fully saturated rings. The van der Waals surface area contributed by atoms with Crippen LogP contribution in [0, 0.1) is 5.95 Å². The third-order valence-corrected chi connectivity index (χ3v) is 2.95. The molecule has 80 valence electrons. The second kappa shape index (κ2) is 3.27. The van der Waals surface area contributed by atoms with Crippen LogP contribution < -0.4 is 5.73 Å². The Bertz CT molecular complexity index is 387. The Kier molecular flexibility index (Phi) is 2.19. The van der Waals surface area contributed by atoms with E-state index in [1.807, 2.05) is 0 Å². The minimum absolute atomic E-state index is 0.535. The molecule has 1 aliphatic rings. The normalized spacial score (nSPS) is 19.6. The van der Waals surface area contributed by atoms with Gasteiger partial charge < -0.3 is 10.8 Å². The summed E-state index contributed by atoms with van der Waals surface area (Å²) in [7, 11) is 0. The average molecular weight is 210 g/mol. The van der Waals surface area contributed by atoms with Crippen LogP contribution in [0.15, 0.2) is 18.3 Å². The summed E-state index contributed by atoms with van der Waals surface area (Å²) in [5.74, 6) is -1.60. The van der Waals surface area contributed by atoms with E-state index in [0.29, 0.717) is 18.4 Å². The summed E-state index contributed by atoms with van der Waals surface area (Å²) in [5, 5.41) is 8.85. The van der Waals surface area contributed by atoms with Crippen molar-refractivity contribution in [2.24, 2.45) is 5.73 Å². The standard InChI is InChI=1S/C10H11FN2O2/c11-7-2-1-6(5-13-7)10(3-4-10)8(12)9(14)15/h1-2,5,8H,3-4,12H2,(H,14,15). The molecule has 5 heteroatoms. The molecule has 0 aromatic carbocycles. The van der Waals surface area contributed by atoms with Crippen molar-refractivity contribution in [3.05, 3.63) is 29.8 Å². The van der Waals surface area contributed by atoms with Gasteiger partial charge in [0.15, 0.2) is 0 Å².